The van der Waals surface area contributed by atoms with Gasteiger partial charge in [-0.15, -0.1) is 0 Å². The number of halogens is 1. The molecule has 0 aromatic carbocycles. The molecule has 0 atom stereocenters. The largest absolute Gasteiger partial charge is 0.389 e. The molecular weight excluding hydrogens is 212 g/mol. The number of hydrogen-bond donors (Lipinski definition) is 0. The van der Waals surface area contributed by atoms with Crippen LogP contribution < -0.4 is 0 Å². The van der Waals surface area contributed by atoms with Gasteiger partial charge in [-0.05, 0) is 26.8 Å². The quantitative estimate of drug-likeness (QED) is 0.735. The second kappa shape index (κ2) is 3.49. The normalized spacial score (nSPS) is 18.5. The summed E-state index contributed by atoms with van der Waals surface area (Å²) in [5, 5.41) is 4.71. The Morgan fingerprint density at radius 1 is 1.47 bits per heavy atom. The Labute approximate surface area is 94.1 Å². The van der Waals surface area contributed by atoms with Crippen LogP contribution in [0.5, 0.6) is 0 Å². The number of pyridine rings is 1. The Hall–Kier alpha value is -1.09. The van der Waals surface area contributed by atoms with Gasteiger partial charge in [0.05, 0.1) is 16.4 Å². The van der Waals surface area contributed by atoms with Crippen molar-refractivity contribution in [3.05, 3.63) is 28.5 Å². The molecule has 0 saturated heterocycles. The fraction of sp³-hybridized carbons (Fsp3) is 0.455. The highest BCUT2D eigenvalue weighted by Crippen LogP contribution is 2.26. The van der Waals surface area contributed by atoms with Crippen LogP contribution in [-0.2, 0) is 4.84 Å². The molecule has 2 heterocycles. The Morgan fingerprint density at radius 2 is 2.20 bits per heavy atom. The lowest BCUT2D eigenvalue weighted by Gasteiger charge is -2.13. The predicted molar refractivity (Wildman–Crippen MR) is 60.3 cm³/mol. The van der Waals surface area contributed by atoms with Crippen LogP contribution in [0.2, 0.25) is 5.02 Å². The minimum Gasteiger partial charge on any atom is -0.389 e. The summed E-state index contributed by atoms with van der Waals surface area (Å²) in [4.78, 5) is 9.50. The minimum absolute atomic E-state index is 0.216. The van der Waals surface area contributed by atoms with Crippen molar-refractivity contribution in [2.24, 2.45) is 5.16 Å². The summed E-state index contributed by atoms with van der Waals surface area (Å²) in [5.74, 6) is 0. The van der Waals surface area contributed by atoms with Gasteiger partial charge in [0.2, 0.25) is 0 Å². The van der Waals surface area contributed by atoms with Gasteiger partial charge in [0, 0.05) is 18.2 Å². The van der Waals surface area contributed by atoms with Crippen LogP contribution in [0.1, 0.15) is 31.5 Å². The molecular formula is C11H13ClN2O. The van der Waals surface area contributed by atoms with Crippen molar-refractivity contribution in [2.75, 3.05) is 0 Å². The van der Waals surface area contributed by atoms with Gasteiger partial charge in [-0.25, -0.2) is 0 Å². The van der Waals surface area contributed by atoms with Crippen molar-refractivity contribution in [1.29, 1.82) is 0 Å². The van der Waals surface area contributed by atoms with Crippen molar-refractivity contribution in [2.45, 2.75) is 32.8 Å². The zero-order valence-corrected chi connectivity index (χ0v) is 9.80. The van der Waals surface area contributed by atoms with Gasteiger partial charge in [0.15, 0.2) is 0 Å². The molecule has 1 aromatic rings. The number of aryl methyl sites for hydroxylation is 1. The Morgan fingerprint density at radius 3 is 2.73 bits per heavy atom. The smallest absolute Gasteiger partial charge is 0.137 e. The van der Waals surface area contributed by atoms with Crippen LogP contribution in [0, 0.1) is 6.92 Å². The van der Waals surface area contributed by atoms with Gasteiger partial charge in [-0.1, -0.05) is 16.8 Å². The number of oxime groups is 1. The third-order valence-corrected chi connectivity index (χ3v) is 2.74. The summed E-state index contributed by atoms with van der Waals surface area (Å²) in [6, 6.07) is 1.88. The SMILES string of the molecule is Cc1ncc(C2=NOC(C)(C)C2)cc1Cl. The molecule has 0 unspecified atom stereocenters. The number of hydrogen-bond acceptors (Lipinski definition) is 3. The monoisotopic (exact) mass is 224 g/mol. The van der Waals surface area contributed by atoms with E-state index in [0.717, 1.165) is 23.4 Å². The number of nitrogens with zero attached hydrogens (tertiary/aromatic N) is 2. The third-order valence-electron chi connectivity index (χ3n) is 2.35. The lowest BCUT2D eigenvalue weighted by molar-refractivity contribution is 0.0123. The number of aromatic nitrogens is 1. The molecule has 0 amide bonds. The van der Waals surface area contributed by atoms with E-state index in [9.17, 15) is 0 Å². The molecule has 0 saturated carbocycles. The fourth-order valence-corrected chi connectivity index (χ4v) is 1.63. The van der Waals surface area contributed by atoms with Gasteiger partial charge in [-0.2, -0.15) is 0 Å². The van der Waals surface area contributed by atoms with Crippen molar-refractivity contribution >= 4 is 17.3 Å². The van der Waals surface area contributed by atoms with E-state index in [1.165, 1.54) is 0 Å². The van der Waals surface area contributed by atoms with Crippen molar-refractivity contribution in [1.82, 2.24) is 4.98 Å². The first kappa shape index (κ1) is 10.4. The second-order valence-electron chi connectivity index (χ2n) is 4.36. The van der Waals surface area contributed by atoms with Gasteiger partial charge in [0.25, 0.3) is 0 Å². The average molecular weight is 225 g/mol. The average Bonchev–Trinajstić information content (AvgIpc) is 2.51. The predicted octanol–water partition coefficient (Wildman–Crippen LogP) is 2.95. The van der Waals surface area contributed by atoms with Gasteiger partial charge in [-0.3, -0.25) is 4.98 Å². The highest BCUT2D eigenvalue weighted by Gasteiger charge is 2.29. The standard InChI is InChI=1S/C11H13ClN2O/c1-7-9(12)4-8(6-13-7)10-5-11(2,3)15-14-10/h4,6H,5H2,1-3H3. The maximum Gasteiger partial charge on any atom is 0.137 e. The molecule has 1 aliphatic heterocycles. The van der Waals surface area contributed by atoms with Gasteiger partial charge < -0.3 is 4.84 Å². The first-order valence-corrected chi connectivity index (χ1v) is 5.23. The van der Waals surface area contributed by atoms with E-state index in [0.29, 0.717) is 5.02 Å². The molecule has 2 rings (SSSR count). The van der Waals surface area contributed by atoms with Crippen LogP contribution in [0.3, 0.4) is 0 Å². The van der Waals surface area contributed by atoms with Crippen LogP contribution in [0.15, 0.2) is 17.4 Å². The van der Waals surface area contributed by atoms with Crippen LogP contribution in [0.25, 0.3) is 0 Å². The highest BCUT2D eigenvalue weighted by molar-refractivity contribution is 6.31. The fourth-order valence-electron chi connectivity index (χ4n) is 1.47. The highest BCUT2D eigenvalue weighted by atomic mass is 35.5. The molecule has 15 heavy (non-hydrogen) atoms. The zero-order chi connectivity index (χ0) is 11.1. The number of rotatable bonds is 1. The van der Waals surface area contributed by atoms with Crippen LogP contribution in [0.4, 0.5) is 0 Å². The first-order chi connectivity index (χ1) is 6.98. The van der Waals surface area contributed by atoms with Crippen molar-refractivity contribution in [3.8, 4) is 0 Å². The molecule has 0 N–H and O–H groups in total. The van der Waals surface area contributed by atoms with E-state index in [-0.39, 0.29) is 5.60 Å². The summed E-state index contributed by atoms with van der Waals surface area (Å²) in [5.41, 5.74) is 2.47. The maximum atomic E-state index is 6.01. The molecule has 0 aliphatic carbocycles. The third kappa shape index (κ3) is 2.12. The topological polar surface area (TPSA) is 34.5 Å². The molecule has 3 nitrogen and oxygen atoms in total. The summed E-state index contributed by atoms with van der Waals surface area (Å²) < 4.78 is 0. The second-order valence-corrected chi connectivity index (χ2v) is 4.76. The van der Waals surface area contributed by atoms with Crippen molar-refractivity contribution in [3.63, 3.8) is 0 Å². The summed E-state index contributed by atoms with van der Waals surface area (Å²) >= 11 is 6.01. The van der Waals surface area contributed by atoms with Gasteiger partial charge in [0.1, 0.15) is 5.60 Å². The lowest BCUT2D eigenvalue weighted by atomic mass is 9.99. The van der Waals surface area contributed by atoms with E-state index in [2.05, 4.69) is 10.1 Å². The first-order valence-electron chi connectivity index (χ1n) is 4.85. The van der Waals surface area contributed by atoms with E-state index in [1.54, 1.807) is 6.20 Å². The van der Waals surface area contributed by atoms with E-state index < -0.39 is 0 Å². The van der Waals surface area contributed by atoms with Crippen LogP contribution >= 0.6 is 11.6 Å². The summed E-state index contributed by atoms with van der Waals surface area (Å²) in [6.45, 7) is 5.89. The van der Waals surface area contributed by atoms with E-state index >= 15 is 0 Å². The maximum absolute atomic E-state index is 6.01. The Bertz CT molecular complexity index is 427. The molecule has 1 aliphatic rings. The molecule has 1 aromatic heterocycles. The molecule has 80 valence electrons. The lowest BCUT2D eigenvalue weighted by Crippen LogP contribution is -2.19. The Kier molecular flexibility index (Phi) is 2.43. The molecule has 0 bridgehead atoms. The molecule has 0 radical (unpaired) electrons. The van der Waals surface area contributed by atoms with Crippen LogP contribution in [-0.4, -0.2) is 16.3 Å². The Balaban J connectivity index is 2.29. The van der Waals surface area contributed by atoms with E-state index in [1.807, 2.05) is 26.8 Å². The van der Waals surface area contributed by atoms with Crippen molar-refractivity contribution < 1.29 is 4.84 Å². The molecule has 0 fully saturated rings. The van der Waals surface area contributed by atoms with E-state index in [4.69, 9.17) is 16.4 Å². The summed E-state index contributed by atoms with van der Waals surface area (Å²) in [7, 11) is 0. The molecule has 0 spiro atoms. The minimum atomic E-state index is -0.216. The molecule has 4 heteroatoms. The summed E-state index contributed by atoms with van der Waals surface area (Å²) in [6.07, 6.45) is 2.57. The van der Waals surface area contributed by atoms with Gasteiger partial charge >= 0.3 is 0 Å². The zero-order valence-electron chi connectivity index (χ0n) is 9.04.